The quantitative estimate of drug-likeness (QED) is 0.477. The molecule has 0 saturated carbocycles. The van der Waals surface area contributed by atoms with E-state index in [0.29, 0.717) is 5.57 Å². The molecule has 0 saturated heterocycles. The zero-order valence-corrected chi connectivity index (χ0v) is 6.67. The zero-order chi connectivity index (χ0) is 8.69. The van der Waals surface area contributed by atoms with E-state index in [2.05, 4.69) is 12.5 Å². The molecule has 58 valence electrons. The molecule has 0 aromatic rings. The summed E-state index contributed by atoms with van der Waals surface area (Å²) < 4.78 is 0. The normalized spacial score (nSPS) is 12.5. The van der Waals surface area contributed by atoms with Crippen molar-refractivity contribution in [3.8, 4) is 12.3 Å². The Morgan fingerprint density at radius 3 is 2.64 bits per heavy atom. The summed E-state index contributed by atoms with van der Waals surface area (Å²) in [5, 5.41) is 8.75. The molecule has 1 heteroatoms. The van der Waals surface area contributed by atoms with E-state index < -0.39 is 0 Å². The second kappa shape index (κ2) is 5.52. The second-order valence-electron chi connectivity index (χ2n) is 1.97. The molecular formula is C10H12O. The van der Waals surface area contributed by atoms with E-state index in [0.717, 1.165) is 5.57 Å². The number of rotatable bonds is 3. The average Bonchev–Trinajstić information content (AvgIpc) is 2.07. The van der Waals surface area contributed by atoms with Crippen LogP contribution in [-0.2, 0) is 0 Å². The summed E-state index contributed by atoms with van der Waals surface area (Å²) in [6, 6.07) is 0. The van der Waals surface area contributed by atoms with Crippen molar-refractivity contribution in [3.63, 3.8) is 0 Å². The van der Waals surface area contributed by atoms with E-state index >= 15 is 0 Å². The second-order valence-corrected chi connectivity index (χ2v) is 1.97. The van der Waals surface area contributed by atoms with Crippen LogP contribution in [0.5, 0.6) is 0 Å². The van der Waals surface area contributed by atoms with Gasteiger partial charge in [0.1, 0.15) is 0 Å². The van der Waals surface area contributed by atoms with Crippen LogP contribution in [0.4, 0.5) is 0 Å². The summed E-state index contributed by atoms with van der Waals surface area (Å²) in [5.74, 6) is 2.44. The van der Waals surface area contributed by atoms with Crippen molar-refractivity contribution in [2.24, 2.45) is 0 Å². The van der Waals surface area contributed by atoms with Crippen LogP contribution in [0.2, 0.25) is 0 Å². The summed E-state index contributed by atoms with van der Waals surface area (Å²) in [7, 11) is 0. The van der Waals surface area contributed by atoms with Crippen LogP contribution in [0.1, 0.15) is 6.92 Å². The highest BCUT2D eigenvalue weighted by Gasteiger charge is 1.88. The van der Waals surface area contributed by atoms with E-state index in [-0.39, 0.29) is 6.61 Å². The van der Waals surface area contributed by atoms with Crippen LogP contribution in [-0.4, -0.2) is 11.7 Å². The van der Waals surface area contributed by atoms with Crippen molar-refractivity contribution in [3.05, 3.63) is 36.0 Å². The SMILES string of the molecule is C#C/C(C=C)=C/C(=C\C)CO. The van der Waals surface area contributed by atoms with E-state index in [1.165, 1.54) is 0 Å². The Morgan fingerprint density at radius 1 is 1.73 bits per heavy atom. The van der Waals surface area contributed by atoms with E-state index in [9.17, 15) is 0 Å². The number of aliphatic hydroxyl groups is 1. The first-order chi connectivity index (χ1) is 5.28. The number of terminal acetylenes is 1. The highest BCUT2D eigenvalue weighted by atomic mass is 16.3. The van der Waals surface area contributed by atoms with Gasteiger partial charge in [0, 0.05) is 5.57 Å². The monoisotopic (exact) mass is 148 g/mol. The summed E-state index contributed by atoms with van der Waals surface area (Å²) in [4.78, 5) is 0. The predicted molar refractivity (Wildman–Crippen MR) is 48.0 cm³/mol. The van der Waals surface area contributed by atoms with Gasteiger partial charge in [0.15, 0.2) is 0 Å². The first-order valence-corrected chi connectivity index (χ1v) is 3.35. The average molecular weight is 148 g/mol. The molecule has 1 nitrogen and oxygen atoms in total. The van der Waals surface area contributed by atoms with Gasteiger partial charge in [0.25, 0.3) is 0 Å². The standard InChI is InChI=1S/C10H12O/c1-4-9(5-2)7-10(6-3)8-11/h1,5-7,11H,2,8H2,3H3/b9-7-,10-6+. The molecule has 0 aromatic carbocycles. The van der Waals surface area contributed by atoms with Crippen molar-refractivity contribution >= 4 is 0 Å². The maximum Gasteiger partial charge on any atom is 0.0679 e. The van der Waals surface area contributed by atoms with Crippen LogP contribution < -0.4 is 0 Å². The molecule has 0 aliphatic rings. The fourth-order valence-electron chi connectivity index (χ4n) is 0.580. The molecule has 0 aliphatic carbocycles. The first kappa shape index (κ1) is 9.74. The topological polar surface area (TPSA) is 20.2 Å². The van der Waals surface area contributed by atoms with Crippen LogP contribution >= 0.6 is 0 Å². The van der Waals surface area contributed by atoms with E-state index in [1.54, 1.807) is 18.2 Å². The van der Waals surface area contributed by atoms with Crippen molar-refractivity contribution in [2.75, 3.05) is 6.61 Å². The van der Waals surface area contributed by atoms with Gasteiger partial charge in [-0.1, -0.05) is 24.7 Å². The Balaban J connectivity index is 4.52. The Hall–Kier alpha value is -1.26. The van der Waals surface area contributed by atoms with Gasteiger partial charge in [0.2, 0.25) is 0 Å². The van der Waals surface area contributed by atoms with Crippen LogP contribution in [0.3, 0.4) is 0 Å². The lowest BCUT2D eigenvalue weighted by molar-refractivity contribution is 0.334. The molecule has 0 aromatic heterocycles. The summed E-state index contributed by atoms with van der Waals surface area (Å²) in [6.45, 7) is 5.39. The fraction of sp³-hybridized carbons (Fsp3) is 0.200. The number of aliphatic hydroxyl groups excluding tert-OH is 1. The fourth-order valence-corrected chi connectivity index (χ4v) is 0.580. The van der Waals surface area contributed by atoms with Gasteiger partial charge in [-0.15, -0.1) is 6.42 Å². The van der Waals surface area contributed by atoms with Gasteiger partial charge in [0.05, 0.1) is 6.61 Å². The lowest BCUT2D eigenvalue weighted by Gasteiger charge is -1.94. The van der Waals surface area contributed by atoms with Crippen molar-refractivity contribution < 1.29 is 5.11 Å². The largest absolute Gasteiger partial charge is 0.392 e. The van der Waals surface area contributed by atoms with Gasteiger partial charge >= 0.3 is 0 Å². The Bertz CT molecular complexity index is 226. The highest BCUT2D eigenvalue weighted by Crippen LogP contribution is 2.01. The smallest absolute Gasteiger partial charge is 0.0679 e. The molecule has 0 radical (unpaired) electrons. The number of allylic oxidation sites excluding steroid dienone is 3. The van der Waals surface area contributed by atoms with Crippen molar-refractivity contribution in [1.29, 1.82) is 0 Å². The third kappa shape index (κ3) is 3.44. The lowest BCUT2D eigenvalue weighted by atomic mass is 10.1. The minimum atomic E-state index is 0.00944. The van der Waals surface area contributed by atoms with Gasteiger partial charge in [-0.3, -0.25) is 0 Å². The molecule has 0 bridgehead atoms. The molecule has 0 unspecified atom stereocenters. The molecule has 0 amide bonds. The van der Waals surface area contributed by atoms with Gasteiger partial charge in [-0.05, 0) is 18.6 Å². The number of hydrogen-bond acceptors (Lipinski definition) is 1. The summed E-state index contributed by atoms with van der Waals surface area (Å²) >= 11 is 0. The Labute approximate surface area is 67.7 Å². The maximum absolute atomic E-state index is 8.75. The molecule has 0 heterocycles. The molecule has 0 fully saturated rings. The molecule has 11 heavy (non-hydrogen) atoms. The molecule has 1 N–H and O–H groups in total. The van der Waals surface area contributed by atoms with Gasteiger partial charge in [-0.25, -0.2) is 0 Å². The molecular weight excluding hydrogens is 136 g/mol. The molecule has 0 aliphatic heterocycles. The number of hydrogen-bond donors (Lipinski definition) is 1. The summed E-state index contributed by atoms with van der Waals surface area (Å²) in [5.41, 5.74) is 1.49. The Morgan fingerprint density at radius 2 is 2.36 bits per heavy atom. The minimum Gasteiger partial charge on any atom is -0.392 e. The minimum absolute atomic E-state index is 0.00944. The molecule has 0 spiro atoms. The third-order valence-corrected chi connectivity index (χ3v) is 1.28. The Kier molecular flexibility index (Phi) is 4.89. The third-order valence-electron chi connectivity index (χ3n) is 1.28. The van der Waals surface area contributed by atoms with Gasteiger partial charge in [-0.2, -0.15) is 0 Å². The predicted octanol–water partition coefficient (Wildman–Crippen LogP) is 1.67. The first-order valence-electron chi connectivity index (χ1n) is 3.35. The van der Waals surface area contributed by atoms with E-state index in [4.69, 9.17) is 11.5 Å². The van der Waals surface area contributed by atoms with Crippen LogP contribution in [0.25, 0.3) is 0 Å². The van der Waals surface area contributed by atoms with Crippen molar-refractivity contribution in [2.45, 2.75) is 6.92 Å². The summed E-state index contributed by atoms with van der Waals surface area (Å²) in [6.07, 6.45) is 10.3. The molecule has 0 atom stereocenters. The lowest BCUT2D eigenvalue weighted by Crippen LogP contribution is -1.86. The van der Waals surface area contributed by atoms with Gasteiger partial charge < -0.3 is 5.11 Å². The highest BCUT2D eigenvalue weighted by molar-refractivity contribution is 5.40. The maximum atomic E-state index is 8.75. The van der Waals surface area contributed by atoms with Crippen LogP contribution in [0.15, 0.2) is 36.0 Å². The van der Waals surface area contributed by atoms with E-state index in [1.807, 2.05) is 6.92 Å². The van der Waals surface area contributed by atoms with Crippen LogP contribution in [0, 0.1) is 12.3 Å². The van der Waals surface area contributed by atoms with Crippen molar-refractivity contribution in [1.82, 2.24) is 0 Å². The zero-order valence-electron chi connectivity index (χ0n) is 6.67. The molecule has 0 rings (SSSR count).